The molecule has 2 amide bonds. The fourth-order valence-electron chi connectivity index (χ4n) is 4.22. The lowest BCUT2D eigenvalue weighted by Gasteiger charge is -2.32. The maximum atomic E-state index is 13.8. The number of carbonyl (C=O) groups is 2. The zero-order valence-corrected chi connectivity index (χ0v) is 22.2. The van der Waals surface area contributed by atoms with Crippen molar-refractivity contribution in [3.8, 4) is 0 Å². The van der Waals surface area contributed by atoms with E-state index in [1.807, 2.05) is 76.2 Å². The molecule has 0 aliphatic rings. The molecule has 0 bridgehead atoms. The van der Waals surface area contributed by atoms with Gasteiger partial charge in [-0.25, -0.2) is 0 Å². The minimum Gasteiger partial charge on any atom is -0.352 e. The monoisotopic (exact) mass is 510 g/mol. The van der Waals surface area contributed by atoms with Crippen molar-refractivity contribution in [2.24, 2.45) is 0 Å². The van der Waals surface area contributed by atoms with Crippen molar-refractivity contribution in [2.75, 3.05) is 0 Å². The number of halogens is 2. The summed E-state index contributed by atoms with van der Waals surface area (Å²) >= 11 is 12.6. The Labute approximate surface area is 218 Å². The second-order valence-electron chi connectivity index (χ2n) is 9.30. The number of hydrogen-bond donors (Lipinski definition) is 1. The van der Waals surface area contributed by atoms with Gasteiger partial charge in [-0.3, -0.25) is 9.59 Å². The Bertz CT molecular complexity index is 1160. The Morgan fingerprint density at radius 3 is 2.14 bits per heavy atom. The van der Waals surface area contributed by atoms with Crippen molar-refractivity contribution in [3.05, 3.63) is 105 Å². The van der Waals surface area contributed by atoms with E-state index in [0.717, 1.165) is 27.8 Å². The first-order chi connectivity index (χ1) is 16.6. The summed E-state index contributed by atoms with van der Waals surface area (Å²) in [6, 6.07) is 20.3. The summed E-state index contributed by atoms with van der Waals surface area (Å²) in [6.45, 7) is 8.05. The molecule has 6 heteroatoms. The van der Waals surface area contributed by atoms with E-state index in [1.165, 1.54) is 0 Å². The highest BCUT2D eigenvalue weighted by molar-refractivity contribution is 6.35. The summed E-state index contributed by atoms with van der Waals surface area (Å²) in [5, 5.41) is 3.98. The summed E-state index contributed by atoms with van der Waals surface area (Å²) in [7, 11) is 0. The minimum atomic E-state index is -0.704. The van der Waals surface area contributed by atoms with E-state index in [2.05, 4.69) is 11.4 Å². The van der Waals surface area contributed by atoms with E-state index in [9.17, 15) is 9.59 Å². The van der Waals surface area contributed by atoms with Gasteiger partial charge in [0.05, 0.1) is 6.42 Å². The van der Waals surface area contributed by atoms with Gasteiger partial charge < -0.3 is 10.2 Å². The van der Waals surface area contributed by atoms with Crippen LogP contribution in [0.25, 0.3) is 0 Å². The first-order valence-corrected chi connectivity index (χ1v) is 12.5. The molecule has 0 heterocycles. The molecular formula is C29H32Cl2N2O2. The van der Waals surface area contributed by atoms with Crippen LogP contribution >= 0.6 is 23.2 Å². The van der Waals surface area contributed by atoms with Crippen LogP contribution in [-0.4, -0.2) is 28.8 Å². The first kappa shape index (κ1) is 26.8. The van der Waals surface area contributed by atoms with Crippen molar-refractivity contribution >= 4 is 35.0 Å². The number of hydrogen-bond acceptors (Lipinski definition) is 2. The Kier molecular flexibility index (Phi) is 9.36. The average molecular weight is 511 g/mol. The maximum absolute atomic E-state index is 13.8. The van der Waals surface area contributed by atoms with Crippen molar-refractivity contribution in [2.45, 2.75) is 59.2 Å². The van der Waals surface area contributed by atoms with Gasteiger partial charge >= 0.3 is 0 Å². The van der Waals surface area contributed by atoms with Crippen LogP contribution in [0.4, 0.5) is 0 Å². The molecule has 1 N–H and O–H groups in total. The Hall–Kier alpha value is -2.82. The molecule has 0 saturated heterocycles. The smallest absolute Gasteiger partial charge is 0.243 e. The second-order valence-corrected chi connectivity index (χ2v) is 10.1. The van der Waals surface area contributed by atoms with Gasteiger partial charge in [-0.15, -0.1) is 0 Å². The van der Waals surface area contributed by atoms with E-state index in [1.54, 1.807) is 17.0 Å². The van der Waals surface area contributed by atoms with Crippen LogP contribution in [0.5, 0.6) is 0 Å². The van der Waals surface area contributed by atoms with Crippen molar-refractivity contribution in [3.63, 3.8) is 0 Å². The molecule has 0 fully saturated rings. The maximum Gasteiger partial charge on any atom is 0.243 e. The summed E-state index contributed by atoms with van der Waals surface area (Å²) in [5.41, 5.74) is 4.82. The van der Waals surface area contributed by atoms with Crippen LogP contribution in [0.2, 0.25) is 10.0 Å². The Balaban J connectivity index is 2.02. The van der Waals surface area contributed by atoms with Crippen LogP contribution in [0, 0.1) is 13.8 Å². The molecule has 35 heavy (non-hydrogen) atoms. The lowest BCUT2D eigenvalue weighted by Crippen LogP contribution is -2.52. The van der Waals surface area contributed by atoms with Crippen LogP contribution in [-0.2, 0) is 29.0 Å². The molecule has 0 aliphatic heterocycles. The Morgan fingerprint density at radius 2 is 1.54 bits per heavy atom. The lowest BCUT2D eigenvalue weighted by molar-refractivity contribution is -0.141. The van der Waals surface area contributed by atoms with Gasteiger partial charge in [0.25, 0.3) is 0 Å². The van der Waals surface area contributed by atoms with Crippen LogP contribution in [0.1, 0.15) is 41.7 Å². The number of aryl methyl sites for hydroxylation is 2. The lowest BCUT2D eigenvalue weighted by atomic mass is 10.00. The molecule has 3 aromatic rings. The molecule has 3 rings (SSSR count). The summed E-state index contributed by atoms with van der Waals surface area (Å²) in [6.07, 6.45) is 0.581. The van der Waals surface area contributed by atoms with Crippen molar-refractivity contribution in [1.82, 2.24) is 10.2 Å². The number of rotatable bonds is 9. The summed E-state index contributed by atoms with van der Waals surface area (Å²) < 4.78 is 0. The Morgan fingerprint density at radius 1 is 0.886 bits per heavy atom. The topological polar surface area (TPSA) is 49.4 Å². The van der Waals surface area contributed by atoms with E-state index >= 15 is 0 Å². The molecule has 1 atom stereocenters. The van der Waals surface area contributed by atoms with Gasteiger partial charge in [0.2, 0.25) is 11.8 Å². The molecular weight excluding hydrogens is 479 g/mol. The van der Waals surface area contributed by atoms with Crippen LogP contribution in [0.3, 0.4) is 0 Å². The van der Waals surface area contributed by atoms with E-state index in [-0.39, 0.29) is 30.8 Å². The quantitative estimate of drug-likeness (QED) is 0.366. The third kappa shape index (κ3) is 7.84. The zero-order chi connectivity index (χ0) is 25.5. The number of carbonyl (C=O) groups excluding carboxylic acids is 2. The zero-order valence-electron chi connectivity index (χ0n) is 20.6. The highest BCUT2D eigenvalue weighted by Gasteiger charge is 2.31. The third-order valence-corrected chi connectivity index (χ3v) is 6.28. The highest BCUT2D eigenvalue weighted by atomic mass is 35.5. The molecule has 184 valence electrons. The van der Waals surface area contributed by atoms with Crippen LogP contribution in [0.15, 0.2) is 66.7 Å². The number of amides is 2. The van der Waals surface area contributed by atoms with Gasteiger partial charge in [-0.05, 0) is 56.5 Å². The van der Waals surface area contributed by atoms with Gasteiger partial charge in [-0.2, -0.15) is 0 Å². The number of nitrogens with zero attached hydrogens (tertiary/aromatic N) is 1. The van der Waals surface area contributed by atoms with Gasteiger partial charge in [-0.1, -0.05) is 88.9 Å². The fraction of sp³-hybridized carbons (Fsp3) is 0.310. The van der Waals surface area contributed by atoms with E-state index in [0.29, 0.717) is 16.5 Å². The predicted molar refractivity (Wildman–Crippen MR) is 144 cm³/mol. The fourth-order valence-corrected chi connectivity index (χ4v) is 4.68. The highest BCUT2D eigenvalue weighted by Crippen LogP contribution is 2.25. The molecule has 4 nitrogen and oxygen atoms in total. The molecule has 0 aliphatic carbocycles. The minimum absolute atomic E-state index is 0.0590. The standard InChI is InChI=1S/C29H32Cl2N2O2/c1-19(2)32-29(35)27(15-22-8-6-5-7-9-22)33(18-24-10-11-25(30)17-26(24)31)28(34)16-23-13-20(3)12-21(4)14-23/h5-14,17,19,27H,15-16,18H2,1-4H3,(H,32,35). The largest absolute Gasteiger partial charge is 0.352 e. The molecule has 0 saturated carbocycles. The number of benzene rings is 3. The number of nitrogens with one attached hydrogen (secondary N) is 1. The average Bonchev–Trinajstić information content (AvgIpc) is 2.77. The normalized spacial score (nSPS) is 11.9. The van der Waals surface area contributed by atoms with Crippen molar-refractivity contribution in [1.29, 1.82) is 0 Å². The van der Waals surface area contributed by atoms with Gasteiger partial charge in [0.1, 0.15) is 6.04 Å². The van der Waals surface area contributed by atoms with Gasteiger partial charge in [0, 0.05) is 29.1 Å². The molecule has 0 spiro atoms. The SMILES string of the molecule is Cc1cc(C)cc(CC(=O)N(Cc2ccc(Cl)cc2Cl)C(Cc2ccccc2)C(=O)NC(C)C)c1. The predicted octanol–water partition coefficient (Wildman–Crippen LogP) is 6.32. The van der Waals surface area contributed by atoms with Gasteiger partial charge in [0.15, 0.2) is 0 Å². The molecule has 3 aromatic carbocycles. The third-order valence-electron chi connectivity index (χ3n) is 5.69. The van der Waals surface area contributed by atoms with Crippen molar-refractivity contribution < 1.29 is 9.59 Å². The summed E-state index contributed by atoms with van der Waals surface area (Å²) in [5.74, 6) is -0.330. The molecule has 0 aromatic heterocycles. The second kappa shape index (κ2) is 12.2. The summed E-state index contributed by atoms with van der Waals surface area (Å²) in [4.78, 5) is 28.9. The van der Waals surface area contributed by atoms with E-state index in [4.69, 9.17) is 23.2 Å². The molecule has 1 unspecified atom stereocenters. The molecule has 0 radical (unpaired) electrons. The van der Waals surface area contributed by atoms with Crippen LogP contribution < -0.4 is 5.32 Å². The van der Waals surface area contributed by atoms with E-state index < -0.39 is 6.04 Å². The first-order valence-electron chi connectivity index (χ1n) is 11.8.